The minimum Gasteiger partial charge on any atom is -0.449 e. The highest BCUT2D eigenvalue weighted by atomic mass is 19.4. The predicted molar refractivity (Wildman–Crippen MR) is 111 cm³/mol. The Kier molecular flexibility index (Phi) is 7.28. The Hall–Kier alpha value is -2.96. The van der Waals surface area contributed by atoms with Gasteiger partial charge in [-0.25, -0.2) is 4.79 Å². The van der Waals surface area contributed by atoms with E-state index in [1.54, 1.807) is 0 Å². The normalized spacial score (nSPS) is 19.6. The number of carbonyl (C=O) groups excluding carboxylic acids is 1. The van der Waals surface area contributed by atoms with Crippen LogP contribution in [0.3, 0.4) is 0 Å². The van der Waals surface area contributed by atoms with E-state index in [9.17, 15) is 44.3 Å². The molecule has 0 bridgehead atoms. The summed E-state index contributed by atoms with van der Waals surface area (Å²) in [6.07, 6.45) is -16.1. The van der Waals surface area contributed by atoms with Crippen molar-refractivity contribution in [3.63, 3.8) is 0 Å². The van der Waals surface area contributed by atoms with E-state index in [0.29, 0.717) is 18.2 Å². The fourth-order valence-electron chi connectivity index (χ4n) is 4.30. The van der Waals surface area contributed by atoms with Gasteiger partial charge in [0.15, 0.2) is 0 Å². The van der Waals surface area contributed by atoms with Gasteiger partial charge in [-0.3, -0.25) is 4.90 Å². The van der Waals surface area contributed by atoms with Gasteiger partial charge in [0.05, 0.1) is 29.0 Å². The molecule has 0 aromatic heterocycles. The van der Waals surface area contributed by atoms with E-state index in [2.05, 4.69) is 0 Å². The van der Waals surface area contributed by atoms with Gasteiger partial charge in [-0.1, -0.05) is 0 Å². The highest BCUT2D eigenvalue weighted by Gasteiger charge is 2.42. The quantitative estimate of drug-likeness (QED) is 0.426. The van der Waals surface area contributed by atoms with Crippen LogP contribution < -0.4 is 10.6 Å². The monoisotopic (exact) mass is 528 g/mol. The SMILES string of the molecule is CCOC(=O)N1c2ccc(C(F)(F)F)cc2C(C(N)c2cc(C(F)(F)F)cc(C(F)(F)F)c2)CC1C. The molecule has 1 heterocycles. The zero-order valence-corrected chi connectivity index (χ0v) is 18.9. The first-order valence-corrected chi connectivity index (χ1v) is 10.7. The lowest BCUT2D eigenvalue weighted by molar-refractivity contribution is -0.143. The maximum absolute atomic E-state index is 13.4. The average Bonchev–Trinajstić information content (AvgIpc) is 2.75. The van der Waals surface area contributed by atoms with E-state index in [4.69, 9.17) is 10.5 Å². The van der Waals surface area contributed by atoms with Gasteiger partial charge in [0.1, 0.15) is 0 Å². The topological polar surface area (TPSA) is 55.6 Å². The maximum atomic E-state index is 13.4. The van der Waals surface area contributed by atoms with E-state index in [-0.39, 0.29) is 30.3 Å². The second-order valence-electron chi connectivity index (χ2n) is 8.40. The summed E-state index contributed by atoms with van der Waals surface area (Å²) in [5, 5.41) is 0. The molecule has 198 valence electrons. The number of hydrogen-bond acceptors (Lipinski definition) is 3. The number of nitrogens with two attached hydrogens (primary N) is 1. The predicted octanol–water partition coefficient (Wildman–Crippen LogP) is 7.28. The molecule has 0 saturated heterocycles. The smallest absolute Gasteiger partial charge is 0.416 e. The number of anilines is 1. The number of benzene rings is 2. The number of amides is 1. The molecular formula is C23H21F9N2O2. The van der Waals surface area contributed by atoms with Crippen LogP contribution in [-0.2, 0) is 23.3 Å². The minimum absolute atomic E-state index is 0.0244. The van der Waals surface area contributed by atoms with Crippen molar-refractivity contribution >= 4 is 11.8 Å². The number of alkyl halides is 9. The molecule has 1 aliphatic rings. The van der Waals surface area contributed by atoms with Crippen LogP contribution in [0.4, 0.5) is 50.0 Å². The molecule has 0 fully saturated rings. The van der Waals surface area contributed by atoms with E-state index in [0.717, 1.165) is 17.0 Å². The standard InChI is InChI=1S/C23H21F9N2O2/c1-3-36-20(35)34-11(2)6-17(16-10-13(21(24,25)26)4-5-18(16)34)19(33)12-7-14(22(27,28)29)9-15(8-12)23(30,31)32/h4-5,7-11,17,19H,3,6,33H2,1-2H3. The van der Waals surface area contributed by atoms with Crippen molar-refractivity contribution in [3.05, 3.63) is 64.2 Å². The molecule has 3 unspecified atom stereocenters. The van der Waals surface area contributed by atoms with Crippen molar-refractivity contribution in [2.24, 2.45) is 5.73 Å². The lowest BCUT2D eigenvalue weighted by atomic mass is 9.78. The summed E-state index contributed by atoms with van der Waals surface area (Å²) in [5.41, 5.74) is 1.14. The summed E-state index contributed by atoms with van der Waals surface area (Å²) in [6.45, 7) is 3.00. The number of ether oxygens (including phenoxy) is 1. The third-order valence-corrected chi connectivity index (χ3v) is 5.94. The van der Waals surface area contributed by atoms with Gasteiger partial charge in [-0.05, 0) is 67.8 Å². The minimum atomic E-state index is -5.13. The molecule has 0 saturated carbocycles. The van der Waals surface area contributed by atoms with Crippen LogP contribution in [0.25, 0.3) is 0 Å². The van der Waals surface area contributed by atoms with Gasteiger partial charge in [0, 0.05) is 18.0 Å². The Balaban J connectivity index is 2.19. The molecule has 2 aromatic carbocycles. The van der Waals surface area contributed by atoms with Crippen LogP contribution >= 0.6 is 0 Å². The van der Waals surface area contributed by atoms with Gasteiger partial charge in [0.2, 0.25) is 0 Å². The van der Waals surface area contributed by atoms with Crippen LogP contribution in [0.5, 0.6) is 0 Å². The molecule has 13 heteroatoms. The molecule has 0 aliphatic carbocycles. The van der Waals surface area contributed by atoms with Crippen LogP contribution in [-0.4, -0.2) is 18.7 Å². The first-order chi connectivity index (χ1) is 16.4. The van der Waals surface area contributed by atoms with Crippen molar-refractivity contribution in [3.8, 4) is 0 Å². The molecule has 0 radical (unpaired) electrons. The number of fused-ring (bicyclic) bond motifs is 1. The number of halogens is 9. The molecule has 3 rings (SSSR count). The fourth-order valence-corrected chi connectivity index (χ4v) is 4.30. The lowest BCUT2D eigenvalue weighted by Gasteiger charge is -2.41. The van der Waals surface area contributed by atoms with E-state index >= 15 is 0 Å². The van der Waals surface area contributed by atoms with E-state index < -0.39 is 64.9 Å². The first kappa shape index (κ1) is 27.6. The number of carbonyl (C=O) groups is 1. The third kappa shape index (κ3) is 5.55. The van der Waals surface area contributed by atoms with Crippen molar-refractivity contribution < 1.29 is 49.0 Å². The average molecular weight is 528 g/mol. The van der Waals surface area contributed by atoms with Crippen molar-refractivity contribution in [2.45, 2.75) is 56.8 Å². The maximum Gasteiger partial charge on any atom is 0.416 e. The Morgan fingerprint density at radius 1 is 0.944 bits per heavy atom. The van der Waals surface area contributed by atoms with E-state index in [1.807, 2.05) is 0 Å². The van der Waals surface area contributed by atoms with Gasteiger partial charge in [0.25, 0.3) is 0 Å². The van der Waals surface area contributed by atoms with Crippen molar-refractivity contribution in [1.82, 2.24) is 0 Å². The Morgan fingerprint density at radius 2 is 1.47 bits per heavy atom. The second-order valence-corrected chi connectivity index (χ2v) is 8.40. The van der Waals surface area contributed by atoms with Gasteiger partial charge < -0.3 is 10.5 Å². The third-order valence-electron chi connectivity index (χ3n) is 5.94. The van der Waals surface area contributed by atoms with Crippen LogP contribution in [0.1, 0.15) is 60.0 Å². The lowest BCUT2D eigenvalue weighted by Crippen LogP contribution is -2.45. The summed E-state index contributed by atoms with van der Waals surface area (Å²) in [6, 6.07) is 0.994. The fraction of sp³-hybridized carbons (Fsp3) is 0.435. The summed E-state index contributed by atoms with van der Waals surface area (Å²) < 4.78 is 125. The van der Waals surface area contributed by atoms with Crippen molar-refractivity contribution in [2.75, 3.05) is 11.5 Å². The van der Waals surface area contributed by atoms with Crippen LogP contribution in [0, 0.1) is 0 Å². The summed E-state index contributed by atoms with van der Waals surface area (Å²) in [4.78, 5) is 13.6. The van der Waals surface area contributed by atoms with Gasteiger partial charge in [-0.2, -0.15) is 39.5 Å². The zero-order valence-electron chi connectivity index (χ0n) is 18.9. The first-order valence-electron chi connectivity index (χ1n) is 10.7. The Morgan fingerprint density at radius 3 is 1.94 bits per heavy atom. The molecule has 4 nitrogen and oxygen atoms in total. The summed E-state index contributed by atoms with van der Waals surface area (Å²) in [7, 11) is 0. The second kappa shape index (κ2) is 9.49. The molecule has 2 aromatic rings. The Bertz CT molecular complexity index is 1090. The van der Waals surface area contributed by atoms with Crippen LogP contribution in [0.2, 0.25) is 0 Å². The van der Waals surface area contributed by atoms with Gasteiger partial charge in [-0.15, -0.1) is 0 Å². The molecule has 0 spiro atoms. The highest BCUT2D eigenvalue weighted by Crippen LogP contribution is 2.47. The number of rotatable bonds is 3. The molecule has 36 heavy (non-hydrogen) atoms. The molecule has 3 atom stereocenters. The van der Waals surface area contributed by atoms with Gasteiger partial charge >= 0.3 is 24.6 Å². The Labute approximate surface area is 199 Å². The molecule has 1 aliphatic heterocycles. The largest absolute Gasteiger partial charge is 0.449 e. The number of hydrogen-bond donors (Lipinski definition) is 1. The van der Waals surface area contributed by atoms with Crippen molar-refractivity contribution in [1.29, 1.82) is 0 Å². The molecular weight excluding hydrogens is 507 g/mol. The molecule has 1 amide bonds. The number of nitrogens with zero attached hydrogens (tertiary/aromatic N) is 1. The zero-order chi connectivity index (χ0) is 27.2. The summed E-state index contributed by atoms with van der Waals surface area (Å²) >= 11 is 0. The molecule has 2 N–H and O–H groups in total. The summed E-state index contributed by atoms with van der Waals surface area (Å²) in [5.74, 6) is -1.15. The van der Waals surface area contributed by atoms with Crippen LogP contribution in [0.15, 0.2) is 36.4 Å². The van der Waals surface area contributed by atoms with E-state index in [1.165, 1.54) is 13.8 Å². The highest BCUT2D eigenvalue weighted by molar-refractivity contribution is 5.90.